The zero-order chi connectivity index (χ0) is 21.1. The average molecular weight is 399 g/mol. The van der Waals surface area contributed by atoms with Crippen molar-refractivity contribution in [2.45, 2.75) is 33.7 Å². The van der Waals surface area contributed by atoms with Gasteiger partial charge in [-0.2, -0.15) is 5.10 Å². The Hall–Kier alpha value is -3.54. The molecule has 0 unspecified atom stereocenters. The zero-order valence-corrected chi connectivity index (χ0v) is 17.5. The highest BCUT2D eigenvalue weighted by Gasteiger charge is 2.15. The number of carbonyl (C=O) groups excluding carboxylic acids is 1. The van der Waals surface area contributed by atoms with Gasteiger partial charge >= 0.3 is 0 Å². The summed E-state index contributed by atoms with van der Waals surface area (Å²) in [5.41, 5.74) is 6.43. The third-order valence-corrected chi connectivity index (χ3v) is 5.41. The number of hydrogen-bond donors (Lipinski definition) is 1. The van der Waals surface area contributed by atoms with Gasteiger partial charge in [0.05, 0.1) is 22.5 Å². The van der Waals surface area contributed by atoms with Crippen LogP contribution >= 0.6 is 0 Å². The Morgan fingerprint density at radius 1 is 1.13 bits per heavy atom. The molecule has 0 spiro atoms. The van der Waals surface area contributed by atoms with Crippen molar-refractivity contribution in [2.75, 3.05) is 6.54 Å². The number of benzene rings is 1. The number of nitrogens with zero attached hydrogens (tertiary/aromatic N) is 4. The van der Waals surface area contributed by atoms with Crippen molar-refractivity contribution in [1.29, 1.82) is 0 Å². The monoisotopic (exact) mass is 399 g/mol. The standard InChI is InChI=1S/C24H25N5O/c1-4-29-17(3)19(16(2)28-29)11-13-26-24(30)21-14-23(18-8-7-12-25-15-18)27-22-10-6-5-9-20(21)22/h5-10,12,14-15H,4,11,13H2,1-3H3,(H,26,30). The van der Waals surface area contributed by atoms with E-state index in [1.54, 1.807) is 12.4 Å². The molecule has 6 nitrogen and oxygen atoms in total. The Balaban J connectivity index is 1.59. The molecule has 6 heteroatoms. The Morgan fingerprint density at radius 2 is 1.97 bits per heavy atom. The van der Waals surface area contributed by atoms with Gasteiger partial charge in [0.25, 0.3) is 5.91 Å². The molecular weight excluding hydrogens is 374 g/mol. The number of pyridine rings is 2. The lowest BCUT2D eigenvalue weighted by atomic mass is 10.0. The highest BCUT2D eigenvalue weighted by molar-refractivity contribution is 6.07. The van der Waals surface area contributed by atoms with E-state index in [1.807, 2.05) is 54.1 Å². The maximum absolute atomic E-state index is 13.1. The van der Waals surface area contributed by atoms with Crippen LogP contribution in [0.3, 0.4) is 0 Å². The van der Waals surface area contributed by atoms with Crippen molar-refractivity contribution in [3.8, 4) is 11.3 Å². The molecule has 0 saturated carbocycles. The molecular formula is C24H25N5O. The number of aromatic nitrogens is 4. The van der Waals surface area contributed by atoms with Crippen LogP contribution in [0.4, 0.5) is 0 Å². The summed E-state index contributed by atoms with van der Waals surface area (Å²) in [5, 5.41) is 8.48. The maximum atomic E-state index is 13.1. The number of carbonyl (C=O) groups is 1. The Morgan fingerprint density at radius 3 is 2.70 bits per heavy atom. The number of hydrogen-bond acceptors (Lipinski definition) is 4. The van der Waals surface area contributed by atoms with Crippen molar-refractivity contribution in [3.63, 3.8) is 0 Å². The van der Waals surface area contributed by atoms with Gasteiger partial charge in [0, 0.05) is 42.1 Å². The van der Waals surface area contributed by atoms with Gasteiger partial charge < -0.3 is 5.32 Å². The lowest BCUT2D eigenvalue weighted by Crippen LogP contribution is -2.26. The third kappa shape index (κ3) is 3.81. The van der Waals surface area contributed by atoms with Gasteiger partial charge in [-0.15, -0.1) is 0 Å². The molecule has 0 aliphatic heterocycles. The van der Waals surface area contributed by atoms with Crippen LogP contribution in [-0.2, 0) is 13.0 Å². The lowest BCUT2D eigenvalue weighted by Gasteiger charge is -2.11. The van der Waals surface area contributed by atoms with E-state index < -0.39 is 0 Å². The van der Waals surface area contributed by atoms with E-state index in [1.165, 1.54) is 5.56 Å². The van der Waals surface area contributed by atoms with Crippen molar-refractivity contribution >= 4 is 16.8 Å². The van der Waals surface area contributed by atoms with Crippen LogP contribution < -0.4 is 5.32 Å². The van der Waals surface area contributed by atoms with E-state index >= 15 is 0 Å². The maximum Gasteiger partial charge on any atom is 0.252 e. The molecule has 3 aromatic heterocycles. The highest BCUT2D eigenvalue weighted by atomic mass is 16.1. The van der Waals surface area contributed by atoms with E-state index in [4.69, 9.17) is 4.98 Å². The van der Waals surface area contributed by atoms with Crippen molar-refractivity contribution in [2.24, 2.45) is 0 Å². The predicted molar refractivity (Wildman–Crippen MR) is 118 cm³/mol. The van der Waals surface area contributed by atoms with Crippen LogP contribution in [0.1, 0.15) is 34.2 Å². The fourth-order valence-electron chi connectivity index (χ4n) is 3.83. The Bertz CT molecular complexity index is 1200. The van der Waals surface area contributed by atoms with Crippen LogP contribution in [0.2, 0.25) is 0 Å². The summed E-state index contributed by atoms with van der Waals surface area (Å²) in [4.78, 5) is 22.0. The molecule has 4 aromatic rings. The quantitative estimate of drug-likeness (QED) is 0.530. The van der Waals surface area contributed by atoms with Gasteiger partial charge in [-0.25, -0.2) is 4.98 Å². The summed E-state index contributed by atoms with van der Waals surface area (Å²) < 4.78 is 2.00. The fraction of sp³-hybridized carbons (Fsp3) is 0.250. The molecule has 1 N–H and O–H groups in total. The van der Waals surface area contributed by atoms with Crippen LogP contribution in [0.25, 0.3) is 22.2 Å². The smallest absolute Gasteiger partial charge is 0.252 e. The topological polar surface area (TPSA) is 72.7 Å². The van der Waals surface area contributed by atoms with Gasteiger partial charge in [-0.1, -0.05) is 18.2 Å². The average Bonchev–Trinajstić information content (AvgIpc) is 3.06. The Labute approximate surface area is 176 Å². The second kappa shape index (κ2) is 8.45. The van der Waals surface area contributed by atoms with E-state index in [-0.39, 0.29) is 5.91 Å². The molecule has 152 valence electrons. The normalized spacial score (nSPS) is 11.0. The zero-order valence-electron chi connectivity index (χ0n) is 17.5. The van der Waals surface area contributed by atoms with Crippen LogP contribution in [0.15, 0.2) is 54.9 Å². The number of nitrogens with one attached hydrogen (secondary N) is 1. The first kappa shape index (κ1) is 19.8. The van der Waals surface area contributed by atoms with Crippen molar-refractivity contribution in [3.05, 3.63) is 77.4 Å². The summed E-state index contributed by atoms with van der Waals surface area (Å²) in [7, 11) is 0. The number of amides is 1. The molecule has 3 heterocycles. The van der Waals surface area contributed by atoms with Crippen LogP contribution in [0.5, 0.6) is 0 Å². The molecule has 0 aliphatic rings. The largest absolute Gasteiger partial charge is 0.352 e. The summed E-state index contributed by atoms with van der Waals surface area (Å²) in [5.74, 6) is -0.100. The second-order valence-corrected chi connectivity index (χ2v) is 7.28. The first-order valence-electron chi connectivity index (χ1n) is 10.2. The summed E-state index contributed by atoms with van der Waals surface area (Å²) in [6, 6.07) is 13.4. The van der Waals surface area contributed by atoms with Gasteiger partial charge in [0.2, 0.25) is 0 Å². The van der Waals surface area contributed by atoms with Crippen LogP contribution in [0, 0.1) is 13.8 Å². The van der Waals surface area contributed by atoms with Crippen molar-refractivity contribution < 1.29 is 4.79 Å². The second-order valence-electron chi connectivity index (χ2n) is 7.28. The fourth-order valence-corrected chi connectivity index (χ4v) is 3.83. The number of aryl methyl sites for hydroxylation is 2. The predicted octanol–water partition coefficient (Wildman–Crippen LogP) is 4.10. The van der Waals surface area contributed by atoms with Gasteiger partial charge in [0.15, 0.2) is 0 Å². The number of para-hydroxylation sites is 1. The van der Waals surface area contributed by atoms with E-state index in [0.717, 1.165) is 46.5 Å². The summed E-state index contributed by atoms with van der Waals surface area (Å²) in [6.07, 6.45) is 4.24. The molecule has 0 bridgehead atoms. The van der Waals surface area contributed by atoms with Crippen molar-refractivity contribution in [1.82, 2.24) is 25.1 Å². The molecule has 0 atom stereocenters. The molecule has 30 heavy (non-hydrogen) atoms. The van der Waals surface area contributed by atoms with E-state index in [9.17, 15) is 4.79 Å². The third-order valence-electron chi connectivity index (χ3n) is 5.41. The van der Waals surface area contributed by atoms with Gasteiger partial charge in [-0.05, 0) is 57.0 Å². The lowest BCUT2D eigenvalue weighted by molar-refractivity contribution is 0.0955. The number of fused-ring (bicyclic) bond motifs is 1. The minimum Gasteiger partial charge on any atom is -0.352 e. The minimum atomic E-state index is -0.100. The molecule has 1 aromatic carbocycles. The molecule has 1 amide bonds. The Kier molecular flexibility index (Phi) is 5.57. The van der Waals surface area contributed by atoms with Crippen LogP contribution in [-0.4, -0.2) is 32.2 Å². The molecule has 0 fully saturated rings. The van der Waals surface area contributed by atoms with E-state index in [2.05, 4.69) is 29.2 Å². The van der Waals surface area contributed by atoms with E-state index in [0.29, 0.717) is 12.1 Å². The first-order chi connectivity index (χ1) is 14.6. The summed E-state index contributed by atoms with van der Waals surface area (Å²) >= 11 is 0. The van der Waals surface area contributed by atoms with Gasteiger partial charge in [0.1, 0.15) is 0 Å². The molecule has 0 saturated heterocycles. The van der Waals surface area contributed by atoms with Gasteiger partial charge in [-0.3, -0.25) is 14.5 Å². The molecule has 4 rings (SSSR count). The minimum absolute atomic E-state index is 0.100. The number of rotatable bonds is 6. The first-order valence-corrected chi connectivity index (χ1v) is 10.2. The SMILES string of the molecule is CCn1nc(C)c(CCNC(=O)c2cc(-c3cccnc3)nc3ccccc23)c1C. The summed E-state index contributed by atoms with van der Waals surface area (Å²) in [6.45, 7) is 7.58. The molecule has 0 aliphatic carbocycles. The molecule has 0 radical (unpaired) electrons. The highest BCUT2D eigenvalue weighted by Crippen LogP contribution is 2.24.